The molecule has 0 saturated heterocycles. The summed E-state index contributed by atoms with van der Waals surface area (Å²) < 4.78 is 0. The molecular formula is C24H22O2. The van der Waals surface area contributed by atoms with E-state index in [4.69, 9.17) is 0 Å². The summed E-state index contributed by atoms with van der Waals surface area (Å²) in [4.78, 5) is 23.8. The van der Waals surface area contributed by atoms with Gasteiger partial charge in [0.2, 0.25) is 0 Å². The highest BCUT2D eigenvalue weighted by Crippen LogP contribution is 2.42. The molecule has 0 spiro atoms. The van der Waals surface area contributed by atoms with Crippen LogP contribution in [0.5, 0.6) is 0 Å². The molecule has 26 heavy (non-hydrogen) atoms. The van der Waals surface area contributed by atoms with Crippen molar-refractivity contribution in [3.63, 3.8) is 0 Å². The van der Waals surface area contributed by atoms with Crippen molar-refractivity contribution in [3.05, 3.63) is 58.1 Å². The Kier molecular flexibility index (Phi) is 3.46. The molecule has 0 unspecified atom stereocenters. The number of aldehydes is 2. The second kappa shape index (κ2) is 5.38. The molecule has 0 N–H and O–H groups in total. The first-order valence-electron chi connectivity index (χ1n) is 8.94. The summed E-state index contributed by atoms with van der Waals surface area (Å²) in [6.45, 7) is 10.6. The van der Waals surface area contributed by atoms with Crippen molar-refractivity contribution in [3.8, 4) is 0 Å². The monoisotopic (exact) mass is 342 g/mol. The maximum Gasteiger partial charge on any atom is 0.150 e. The van der Waals surface area contributed by atoms with Crippen LogP contribution in [0, 0.1) is 13.8 Å². The van der Waals surface area contributed by atoms with E-state index in [-0.39, 0.29) is 5.41 Å². The third-order valence-corrected chi connectivity index (χ3v) is 5.55. The molecule has 4 rings (SSSR count). The van der Waals surface area contributed by atoms with Gasteiger partial charge in [-0.15, -0.1) is 0 Å². The number of hydrogen-bond donors (Lipinski definition) is 0. The Morgan fingerprint density at radius 1 is 0.654 bits per heavy atom. The minimum absolute atomic E-state index is 0.0728. The Morgan fingerprint density at radius 2 is 1.08 bits per heavy atom. The van der Waals surface area contributed by atoms with Gasteiger partial charge in [0.1, 0.15) is 0 Å². The third-order valence-electron chi connectivity index (χ3n) is 5.55. The molecule has 2 heteroatoms. The van der Waals surface area contributed by atoms with Crippen LogP contribution >= 0.6 is 0 Å². The first kappa shape index (κ1) is 16.7. The van der Waals surface area contributed by atoms with E-state index >= 15 is 0 Å². The van der Waals surface area contributed by atoms with Crippen LogP contribution in [0.25, 0.3) is 32.3 Å². The smallest absolute Gasteiger partial charge is 0.150 e. The summed E-state index contributed by atoms with van der Waals surface area (Å²) in [6.07, 6.45) is 1.87. The molecule has 4 aromatic rings. The Bertz CT molecular complexity index is 1120. The molecule has 0 aromatic heterocycles. The fraction of sp³-hybridized carbons (Fsp3) is 0.250. The molecule has 0 atom stereocenters. The van der Waals surface area contributed by atoms with Crippen LogP contribution in [0.4, 0.5) is 0 Å². The molecule has 0 aliphatic carbocycles. The fourth-order valence-corrected chi connectivity index (χ4v) is 4.12. The zero-order chi connectivity index (χ0) is 18.8. The van der Waals surface area contributed by atoms with E-state index < -0.39 is 0 Å². The van der Waals surface area contributed by atoms with Gasteiger partial charge in [-0.05, 0) is 92.5 Å². The first-order chi connectivity index (χ1) is 12.3. The summed E-state index contributed by atoms with van der Waals surface area (Å²) in [5.74, 6) is 0. The van der Waals surface area contributed by atoms with Crippen LogP contribution in [-0.2, 0) is 5.41 Å². The van der Waals surface area contributed by atoms with Gasteiger partial charge in [-0.2, -0.15) is 0 Å². The van der Waals surface area contributed by atoms with Crippen molar-refractivity contribution in [2.75, 3.05) is 0 Å². The van der Waals surface area contributed by atoms with Crippen molar-refractivity contribution in [2.24, 2.45) is 0 Å². The Morgan fingerprint density at radius 3 is 1.46 bits per heavy atom. The standard InChI is InChI=1S/C24H22O2/c1-13-6-14(2)19-8-16(12-26)21-10-17(24(3,4)5)9-20-15(11-25)7-18(13)22(19)23(20)21/h6-12H,1-5H3. The molecule has 0 heterocycles. The van der Waals surface area contributed by atoms with Gasteiger partial charge in [0.25, 0.3) is 0 Å². The number of hydrogen-bond acceptors (Lipinski definition) is 2. The summed E-state index contributed by atoms with van der Waals surface area (Å²) in [5.41, 5.74) is 4.73. The third kappa shape index (κ3) is 2.18. The maximum atomic E-state index is 11.9. The topological polar surface area (TPSA) is 34.1 Å². The second-order valence-electron chi connectivity index (χ2n) is 8.34. The summed E-state index contributed by atoms with van der Waals surface area (Å²) in [6, 6.07) is 10.4. The lowest BCUT2D eigenvalue weighted by molar-refractivity contribution is 0.111. The second-order valence-corrected chi connectivity index (χ2v) is 8.34. The predicted octanol–water partition coefficient (Wildman–Crippen LogP) is 6.12. The molecule has 0 radical (unpaired) electrons. The minimum atomic E-state index is -0.0728. The van der Waals surface area contributed by atoms with Crippen LogP contribution in [0.2, 0.25) is 0 Å². The molecule has 4 aromatic carbocycles. The SMILES string of the molecule is Cc1cc(C)c2cc(C=O)c3cc(C(C)(C)C)cc4c(C=O)cc1c2c43. The summed E-state index contributed by atoms with van der Waals surface area (Å²) in [5, 5.41) is 6.24. The maximum absolute atomic E-state index is 11.9. The van der Waals surface area contributed by atoms with E-state index in [2.05, 4.69) is 52.8 Å². The molecule has 0 fully saturated rings. The van der Waals surface area contributed by atoms with Crippen molar-refractivity contribution in [2.45, 2.75) is 40.0 Å². The van der Waals surface area contributed by atoms with Crippen molar-refractivity contribution in [1.29, 1.82) is 0 Å². The number of carbonyl (C=O) groups is 2. The Balaban J connectivity index is 2.41. The average Bonchev–Trinajstić information content (AvgIpc) is 2.60. The number of benzene rings is 4. The average molecular weight is 342 g/mol. The molecular weight excluding hydrogens is 320 g/mol. The van der Waals surface area contributed by atoms with E-state index in [0.717, 1.165) is 61.6 Å². The lowest BCUT2D eigenvalue weighted by Gasteiger charge is -2.23. The quantitative estimate of drug-likeness (QED) is 0.325. The molecule has 0 bridgehead atoms. The van der Waals surface area contributed by atoms with E-state index in [0.29, 0.717) is 11.1 Å². The molecule has 0 aliphatic rings. The van der Waals surface area contributed by atoms with Gasteiger partial charge >= 0.3 is 0 Å². The lowest BCUT2D eigenvalue weighted by Crippen LogP contribution is -2.11. The minimum Gasteiger partial charge on any atom is -0.298 e. The van der Waals surface area contributed by atoms with E-state index in [1.807, 2.05) is 12.1 Å². The van der Waals surface area contributed by atoms with Gasteiger partial charge in [-0.3, -0.25) is 9.59 Å². The van der Waals surface area contributed by atoms with E-state index in [1.165, 1.54) is 0 Å². The van der Waals surface area contributed by atoms with E-state index in [9.17, 15) is 9.59 Å². The fourth-order valence-electron chi connectivity index (χ4n) is 4.12. The van der Waals surface area contributed by atoms with Gasteiger partial charge in [-0.25, -0.2) is 0 Å². The van der Waals surface area contributed by atoms with Gasteiger partial charge < -0.3 is 0 Å². The van der Waals surface area contributed by atoms with Crippen molar-refractivity contribution < 1.29 is 9.59 Å². The molecule has 0 aliphatic heterocycles. The van der Waals surface area contributed by atoms with Gasteiger partial charge in [0.05, 0.1) is 0 Å². The van der Waals surface area contributed by atoms with Crippen molar-refractivity contribution >= 4 is 44.9 Å². The molecule has 130 valence electrons. The molecule has 0 amide bonds. The number of rotatable bonds is 2. The first-order valence-corrected chi connectivity index (χ1v) is 8.94. The zero-order valence-corrected chi connectivity index (χ0v) is 15.9. The van der Waals surface area contributed by atoms with E-state index in [1.54, 1.807) is 0 Å². The summed E-state index contributed by atoms with van der Waals surface area (Å²) in [7, 11) is 0. The molecule has 0 saturated carbocycles. The highest BCUT2D eigenvalue weighted by molar-refractivity contribution is 6.29. The van der Waals surface area contributed by atoms with Crippen LogP contribution in [0.3, 0.4) is 0 Å². The Hall–Kier alpha value is -2.74. The zero-order valence-electron chi connectivity index (χ0n) is 15.9. The highest BCUT2D eigenvalue weighted by atomic mass is 16.1. The van der Waals surface area contributed by atoms with Gasteiger partial charge in [0, 0.05) is 11.1 Å². The van der Waals surface area contributed by atoms with Gasteiger partial charge in [-0.1, -0.05) is 26.8 Å². The summed E-state index contributed by atoms with van der Waals surface area (Å²) >= 11 is 0. The van der Waals surface area contributed by atoms with Crippen LogP contribution in [0.1, 0.15) is 58.2 Å². The lowest BCUT2D eigenvalue weighted by atomic mass is 9.80. The normalized spacial score (nSPS) is 12.3. The van der Waals surface area contributed by atoms with Gasteiger partial charge in [0.15, 0.2) is 12.6 Å². The van der Waals surface area contributed by atoms with Crippen LogP contribution < -0.4 is 0 Å². The number of carbonyl (C=O) groups excluding carboxylic acids is 2. The highest BCUT2D eigenvalue weighted by Gasteiger charge is 2.21. The van der Waals surface area contributed by atoms with Crippen molar-refractivity contribution in [1.82, 2.24) is 0 Å². The van der Waals surface area contributed by atoms with Crippen LogP contribution in [0.15, 0.2) is 30.3 Å². The number of aryl methyl sites for hydroxylation is 2. The van der Waals surface area contributed by atoms with Crippen LogP contribution in [-0.4, -0.2) is 12.6 Å². The largest absolute Gasteiger partial charge is 0.298 e. The predicted molar refractivity (Wildman–Crippen MR) is 109 cm³/mol. The Labute approximate surface area is 153 Å². The molecule has 2 nitrogen and oxygen atoms in total.